The lowest BCUT2D eigenvalue weighted by atomic mass is 10.2. The number of fused-ring (bicyclic) bond motifs is 1. The van der Waals surface area contributed by atoms with Gasteiger partial charge in [0.15, 0.2) is 5.84 Å². The van der Waals surface area contributed by atoms with Gasteiger partial charge in [-0.2, -0.15) is 13.5 Å². The van der Waals surface area contributed by atoms with Crippen LogP contribution in [0.2, 0.25) is 0 Å². The van der Waals surface area contributed by atoms with Crippen LogP contribution in [-0.2, 0) is 14.8 Å². The van der Waals surface area contributed by atoms with Gasteiger partial charge < -0.3 is 9.64 Å². The van der Waals surface area contributed by atoms with Gasteiger partial charge in [-0.15, -0.1) is 4.40 Å². The van der Waals surface area contributed by atoms with Crippen LogP contribution in [0, 0.1) is 0 Å². The molecule has 0 spiro atoms. The normalized spacial score (nSPS) is 14.2. The van der Waals surface area contributed by atoms with Crippen molar-refractivity contribution in [1.29, 1.82) is 0 Å². The number of amides is 1. The zero-order valence-corrected chi connectivity index (χ0v) is 18.7. The number of amidine groups is 1. The molecular formula is C22H26N4O4S. The van der Waals surface area contributed by atoms with Crippen molar-refractivity contribution in [2.75, 3.05) is 26.7 Å². The van der Waals surface area contributed by atoms with Crippen LogP contribution in [-0.4, -0.2) is 63.0 Å². The molecule has 0 saturated heterocycles. The number of hydrazone groups is 1. The Labute approximate surface area is 182 Å². The van der Waals surface area contributed by atoms with E-state index in [1.165, 1.54) is 11.1 Å². The number of carbonyl (C=O) groups excluding carboxylic acids is 1. The van der Waals surface area contributed by atoms with E-state index in [9.17, 15) is 13.2 Å². The van der Waals surface area contributed by atoms with Crippen molar-refractivity contribution >= 4 is 28.0 Å². The lowest BCUT2D eigenvalue weighted by molar-refractivity contribution is -0.130. The Kier molecular flexibility index (Phi) is 7.06. The summed E-state index contributed by atoms with van der Waals surface area (Å²) in [5.74, 6) is 0.913. The number of hydrogen-bond donors (Lipinski definition) is 0. The molecule has 2 aromatic carbocycles. The highest BCUT2D eigenvalue weighted by Gasteiger charge is 2.32. The molecular weight excluding hydrogens is 416 g/mol. The average molecular weight is 443 g/mol. The van der Waals surface area contributed by atoms with E-state index in [0.717, 1.165) is 11.3 Å². The number of carbonyl (C=O) groups is 1. The Balaban J connectivity index is 1.91. The fourth-order valence-corrected chi connectivity index (χ4v) is 4.46. The van der Waals surface area contributed by atoms with Crippen LogP contribution in [0.4, 0.5) is 0 Å². The van der Waals surface area contributed by atoms with Crippen molar-refractivity contribution in [3.63, 3.8) is 0 Å². The molecule has 3 rings (SSSR count). The van der Waals surface area contributed by atoms with Crippen molar-refractivity contribution in [2.45, 2.75) is 25.2 Å². The lowest BCUT2D eigenvalue weighted by Gasteiger charge is -2.22. The number of hydrogen-bond acceptors (Lipinski definition) is 6. The molecule has 0 bridgehead atoms. The van der Waals surface area contributed by atoms with Crippen LogP contribution < -0.4 is 4.74 Å². The van der Waals surface area contributed by atoms with Gasteiger partial charge in [0.2, 0.25) is 5.91 Å². The van der Waals surface area contributed by atoms with E-state index in [4.69, 9.17) is 4.74 Å². The standard InChI is InChI=1S/C22H26N4O4S/c1-4-25(5-2)21(27)14-15-26(23-16-17-10-12-18(30-3)13-11-17)22-19-8-6-7-9-20(19)31(28,29)24-22/h6-13,16H,4-5,14-15H2,1-3H3/b23-16-. The van der Waals surface area contributed by atoms with Gasteiger partial charge in [-0.25, -0.2) is 5.01 Å². The van der Waals surface area contributed by atoms with Crippen molar-refractivity contribution in [3.8, 4) is 5.75 Å². The molecule has 1 heterocycles. The number of methoxy groups -OCH3 is 1. The minimum atomic E-state index is -3.80. The van der Waals surface area contributed by atoms with Gasteiger partial charge >= 0.3 is 0 Å². The van der Waals surface area contributed by atoms with Gasteiger partial charge in [0, 0.05) is 25.1 Å². The molecule has 0 aromatic heterocycles. The molecule has 1 aliphatic rings. The predicted octanol–water partition coefficient (Wildman–Crippen LogP) is 2.74. The van der Waals surface area contributed by atoms with E-state index >= 15 is 0 Å². The second-order valence-corrected chi connectivity index (χ2v) is 8.42. The molecule has 0 fully saturated rings. The number of benzene rings is 2. The van der Waals surface area contributed by atoms with E-state index in [1.807, 2.05) is 38.1 Å². The largest absolute Gasteiger partial charge is 0.497 e. The fraction of sp³-hybridized carbons (Fsp3) is 0.318. The third-order valence-corrected chi connectivity index (χ3v) is 6.30. The highest BCUT2D eigenvalue weighted by molar-refractivity contribution is 7.90. The second-order valence-electron chi connectivity index (χ2n) is 6.84. The van der Waals surface area contributed by atoms with Gasteiger partial charge in [-0.3, -0.25) is 4.79 Å². The van der Waals surface area contributed by atoms with Gasteiger partial charge in [-0.05, 0) is 55.8 Å². The first-order valence-electron chi connectivity index (χ1n) is 10.1. The second kappa shape index (κ2) is 9.74. The van der Waals surface area contributed by atoms with Crippen molar-refractivity contribution in [2.24, 2.45) is 9.50 Å². The Morgan fingerprint density at radius 1 is 1.10 bits per heavy atom. The topological polar surface area (TPSA) is 91.6 Å². The smallest absolute Gasteiger partial charge is 0.285 e. The number of ether oxygens (including phenoxy) is 1. The van der Waals surface area contributed by atoms with Crippen LogP contribution in [0.15, 0.2) is 62.9 Å². The van der Waals surface area contributed by atoms with E-state index in [1.54, 1.807) is 36.4 Å². The van der Waals surface area contributed by atoms with Crippen molar-refractivity contribution < 1.29 is 17.9 Å². The maximum absolute atomic E-state index is 12.5. The summed E-state index contributed by atoms with van der Waals surface area (Å²) < 4.78 is 34.1. The highest BCUT2D eigenvalue weighted by Crippen LogP contribution is 2.27. The van der Waals surface area contributed by atoms with Gasteiger partial charge in [-0.1, -0.05) is 12.1 Å². The molecule has 2 aromatic rings. The number of nitrogens with zero attached hydrogens (tertiary/aromatic N) is 4. The highest BCUT2D eigenvalue weighted by atomic mass is 32.2. The Morgan fingerprint density at radius 2 is 1.77 bits per heavy atom. The fourth-order valence-electron chi connectivity index (χ4n) is 3.26. The third-order valence-electron chi connectivity index (χ3n) is 4.97. The molecule has 1 amide bonds. The summed E-state index contributed by atoms with van der Waals surface area (Å²) >= 11 is 0. The Morgan fingerprint density at radius 3 is 2.42 bits per heavy atom. The molecule has 0 saturated carbocycles. The predicted molar refractivity (Wildman–Crippen MR) is 120 cm³/mol. The summed E-state index contributed by atoms with van der Waals surface area (Å²) in [5, 5.41) is 5.96. The zero-order chi connectivity index (χ0) is 22.4. The molecule has 0 atom stereocenters. The van der Waals surface area contributed by atoms with E-state index in [2.05, 4.69) is 9.50 Å². The monoisotopic (exact) mass is 442 g/mol. The van der Waals surface area contributed by atoms with Crippen LogP contribution in [0.5, 0.6) is 5.75 Å². The number of rotatable bonds is 8. The third kappa shape index (κ3) is 5.11. The van der Waals surface area contributed by atoms with Gasteiger partial charge in [0.1, 0.15) is 10.6 Å². The quantitative estimate of drug-likeness (QED) is 0.463. The van der Waals surface area contributed by atoms with Crippen molar-refractivity contribution in [3.05, 3.63) is 59.7 Å². The first-order valence-corrected chi connectivity index (χ1v) is 11.5. The maximum Gasteiger partial charge on any atom is 0.285 e. The number of sulfonamides is 1. The summed E-state index contributed by atoms with van der Waals surface area (Å²) in [5.41, 5.74) is 1.28. The first-order chi connectivity index (χ1) is 14.9. The molecule has 0 unspecified atom stereocenters. The van der Waals surface area contributed by atoms with E-state index < -0.39 is 10.0 Å². The minimum absolute atomic E-state index is 0.0237. The van der Waals surface area contributed by atoms with Gasteiger partial charge in [0.25, 0.3) is 10.0 Å². The zero-order valence-electron chi connectivity index (χ0n) is 17.9. The minimum Gasteiger partial charge on any atom is -0.497 e. The summed E-state index contributed by atoms with van der Waals surface area (Å²) in [7, 11) is -2.20. The molecule has 1 aliphatic heterocycles. The molecule has 0 N–H and O–H groups in total. The molecule has 8 nitrogen and oxygen atoms in total. The summed E-state index contributed by atoms with van der Waals surface area (Å²) in [6.07, 6.45) is 1.79. The lowest BCUT2D eigenvalue weighted by Crippen LogP contribution is -2.35. The van der Waals surface area contributed by atoms with Crippen LogP contribution in [0.3, 0.4) is 0 Å². The van der Waals surface area contributed by atoms with E-state index in [-0.39, 0.29) is 29.6 Å². The first kappa shape index (κ1) is 22.5. The average Bonchev–Trinajstić information content (AvgIpc) is 3.06. The van der Waals surface area contributed by atoms with Crippen LogP contribution in [0.25, 0.3) is 0 Å². The van der Waals surface area contributed by atoms with Crippen LogP contribution in [0.1, 0.15) is 31.4 Å². The van der Waals surface area contributed by atoms with Crippen LogP contribution >= 0.6 is 0 Å². The van der Waals surface area contributed by atoms with E-state index in [0.29, 0.717) is 18.7 Å². The maximum atomic E-state index is 12.5. The molecule has 9 heteroatoms. The van der Waals surface area contributed by atoms with Crippen molar-refractivity contribution in [1.82, 2.24) is 9.91 Å². The Hall–Kier alpha value is -3.20. The molecule has 164 valence electrons. The molecule has 0 aliphatic carbocycles. The van der Waals surface area contributed by atoms with Gasteiger partial charge in [0.05, 0.1) is 19.9 Å². The summed E-state index contributed by atoms with van der Waals surface area (Å²) in [4.78, 5) is 14.4. The Bertz CT molecular complexity index is 1090. The molecule has 0 radical (unpaired) electrons. The summed E-state index contributed by atoms with van der Waals surface area (Å²) in [6, 6.07) is 13.9. The SMILES string of the molecule is CCN(CC)C(=O)CCN(/N=C\c1ccc(OC)cc1)C1=NS(=O)(=O)c2ccccc21. The molecule has 31 heavy (non-hydrogen) atoms. The summed E-state index contributed by atoms with van der Waals surface area (Å²) in [6.45, 7) is 5.27.